The predicted octanol–water partition coefficient (Wildman–Crippen LogP) is 5.48. The minimum absolute atomic E-state index is 0.0321. The number of benzene rings is 2. The van der Waals surface area contributed by atoms with Gasteiger partial charge in [0.25, 0.3) is 0 Å². The monoisotopic (exact) mass is 485 g/mol. The third-order valence-electron chi connectivity index (χ3n) is 4.17. The first-order chi connectivity index (χ1) is 14.8. The number of carboxylic acid groups (broad SMARTS) is 1. The van der Waals surface area contributed by atoms with E-state index in [1.807, 2.05) is 0 Å². The van der Waals surface area contributed by atoms with Crippen molar-refractivity contribution in [3.8, 4) is 11.5 Å². The van der Waals surface area contributed by atoms with Crippen LogP contribution in [-0.2, 0) is 11.0 Å². The van der Waals surface area contributed by atoms with Gasteiger partial charge >= 0.3 is 18.3 Å². The lowest BCUT2D eigenvalue weighted by Gasteiger charge is -2.29. The molecule has 1 atom stereocenters. The van der Waals surface area contributed by atoms with E-state index in [1.165, 1.54) is 6.07 Å². The zero-order valence-corrected chi connectivity index (χ0v) is 17.2. The van der Waals surface area contributed by atoms with Crippen LogP contribution in [0.2, 0.25) is 5.02 Å². The standard InChI is InChI=1S/C18H17ClF3NO2.C2HF3O2/c1-11(12-3-2-4-13(7-12)18(20,21)22)24-16-6-5-14(19)8-17(16)25-15-9-23-10-15;3-2(4,5)1(6)7/h2-8,11,15,23H,9-10H2,1H3;(H,6,7)/t11-;/m0./s1. The Balaban J connectivity index is 0.000000451. The Morgan fingerprint density at radius 1 is 1.09 bits per heavy atom. The number of aliphatic carboxylic acids is 1. The maximum atomic E-state index is 12.9. The second-order valence-corrected chi connectivity index (χ2v) is 7.11. The SMILES string of the molecule is C[C@H](Oc1ccc(Cl)cc1OC1CNC1)c1cccc(C(F)(F)F)c1.O=C(O)C(F)(F)F. The minimum Gasteiger partial charge on any atom is -0.484 e. The summed E-state index contributed by atoms with van der Waals surface area (Å²) in [5, 5.41) is 10.7. The van der Waals surface area contributed by atoms with Crippen LogP contribution in [0.5, 0.6) is 11.5 Å². The topological polar surface area (TPSA) is 67.8 Å². The van der Waals surface area contributed by atoms with E-state index < -0.39 is 30.0 Å². The van der Waals surface area contributed by atoms with Gasteiger partial charge in [0, 0.05) is 24.2 Å². The summed E-state index contributed by atoms with van der Waals surface area (Å²) in [7, 11) is 0. The highest BCUT2D eigenvalue weighted by Gasteiger charge is 2.38. The van der Waals surface area contributed by atoms with Crippen LogP contribution in [0.1, 0.15) is 24.2 Å². The highest BCUT2D eigenvalue weighted by Crippen LogP contribution is 2.36. The fourth-order valence-corrected chi connectivity index (χ4v) is 2.58. The quantitative estimate of drug-likeness (QED) is 0.549. The first-order valence-corrected chi connectivity index (χ1v) is 9.46. The van der Waals surface area contributed by atoms with Crippen molar-refractivity contribution < 1.29 is 45.7 Å². The molecule has 1 fully saturated rings. The van der Waals surface area contributed by atoms with Gasteiger partial charge in [-0.2, -0.15) is 26.3 Å². The van der Waals surface area contributed by atoms with Crippen molar-refractivity contribution in [3.63, 3.8) is 0 Å². The van der Waals surface area contributed by atoms with Gasteiger partial charge in [-0.25, -0.2) is 4.79 Å². The van der Waals surface area contributed by atoms with Gasteiger partial charge in [-0.05, 0) is 36.8 Å². The number of hydrogen-bond donors (Lipinski definition) is 2. The molecule has 32 heavy (non-hydrogen) atoms. The Labute approximate surface area is 183 Å². The van der Waals surface area contributed by atoms with E-state index in [-0.39, 0.29) is 6.10 Å². The van der Waals surface area contributed by atoms with Gasteiger partial charge in [0.2, 0.25) is 0 Å². The molecule has 1 heterocycles. The van der Waals surface area contributed by atoms with Crippen molar-refractivity contribution in [3.05, 3.63) is 58.6 Å². The van der Waals surface area contributed by atoms with E-state index in [9.17, 15) is 26.3 Å². The number of halogens is 7. The van der Waals surface area contributed by atoms with Crippen LogP contribution in [0.15, 0.2) is 42.5 Å². The molecule has 0 spiro atoms. The molecule has 2 aromatic carbocycles. The van der Waals surface area contributed by atoms with E-state index in [2.05, 4.69) is 5.32 Å². The van der Waals surface area contributed by atoms with Crippen molar-refractivity contribution in [2.45, 2.75) is 31.5 Å². The van der Waals surface area contributed by atoms with Crippen LogP contribution in [0, 0.1) is 0 Å². The van der Waals surface area contributed by atoms with E-state index in [0.717, 1.165) is 25.2 Å². The van der Waals surface area contributed by atoms with Gasteiger partial charge in [-0.1, -0.05) is 23.7 Å². The molecular weight excluding hydrogens is 468 g/mol. The second kappa shape index (κ2) is 10.3. The van der Waals surface area contributed by atoms with Gasteiger partial charge in [0.05, 0.1) is 5.56 Å². The molecule has 0 radical (unpaired) electrons. The maximum absolute atomic E-state index is 12.9. The average molecular weight is 486 g/mol. The first kappa shape index (κ1) is 25.6. The van der Waals surface area contributed by atoms with Crippen LogP contribution < -0.4 is 14.8 Å². The van der Waals surface area contributed by atoms with Crippen molar-refractivity contribution in [1.29, 1.82) is 0 Å². The number of hydrogen-bond acceptors (Lipinski definition) is 4. The Hall–Kier alpha value is -2.66. The summed E-state index contributed by atoms with van der Waals surface area (Å²) in [5.74, 6) is -1.83. The zero-order chi connectivity index (χ0) is 24.1. The van der Waals surface area contributed by atoms with Gasteiger partial charge in [-0.15, -0.1) is 0 Å². The third-order valence-corrected chi connectivity index (χ3v) is 4.41. The fourth-order valence-electron chi connectivity index (χ4n) is 2.42. The number of carbonyl (C=O) groups is 1. The molecule has 0 unspecified atom stereocenters. The molecule has 1 saturated heterocycles. The molecule has 0 aliphatic carbocycles. The number of ether oxygens (including phenoxy) is 2. The Bertz CT molecular complexity index is 931. The highest BCUT2D eigenvalue weighted by molar-refractivity contribution is 6.30. The molecule has 1 aliphatic rings. The van der Waals surface area contributed by atoms with Gasteiger partial charge in [0.1, 0.15) is 12.2 Å². The first-order valence-electron chi connectivity index (χ1n) is 9.08. The zero-order valence-electron chi connectivity index (χ0n) is 16.4. The van der Waals surface area contributed by atoms with Crippen LogP contribution >= 0.6 is 11.6 Å². The molecular formula is C20H18ClF6NO4. The van der Waals surface area contributed by atoms with Crippen molar-refractivity contribution in [1.82, 2.24) is 5.32 Å². The van der Waals surface area contributed by atoms with Crippen LogP contribution in [0.4, 0.5) is 26.3 Å². The van der Waals surface area contributed by atoms with E-state index in [0.29, 0.717) is 22.1 Å². The van der Waals surface area contributed by atoms with Gasteiger partial charge in [0.15, 0.2) is 11.5 Å². The summed E-state index contributed by atoms with van der Waals surface area (Å²) in [5.41, 5.74) is -0.269. The molecule has 0 saturated carbocycles. The summed E-state index contributed by atoms with van der Waals surface area (Å²) < 4.78 is 82.0. The van der Waals surface area contributed by atoms with E-state index in [4.69, 9.17) is 31.0 Å². The van der Waals surface area contributed by atoms with Crippen LogP contribution in [0.3, 0.4) is 0 Å². The van der Waals surface area contributed by atoms with Crippen LogP contribution in [-0.4, -0.2) is 36.4 Å². The molecule has 12 heteroatoms. The van der Waals surface area contributed by atoms with Crippen LogP contribution in [0.25, 0.3) is 0 Å². The Morgan fingerprint density at radius 2 is 1.72 bits per heavy atom. The number of nitrogens with one attached hydrogen (secondary N) is 1. The lowest BCUT2D eigenvalue weighted by Crippen LogP contribution is -2.50. The molecule has 3 rings (SSSR count). The molecule has 0 amide bonds. The highest BCUT2D eigenvalue weighted by atomic mass is 35.5. The van der Waals surface area contributed by atoms with Gasteiger partial charge < -0.3 is 19.9 Å². The van der Waals surface area contributed by atoms with E-state index >= 15 is 0 Å². The normalized spacial score (nSPS) is 15.1. The van der Waals surface area contributed by atoms with Crippen molar-refractivity contribution in [2.24, 2.45) is 0 Å². The maximum Gasteiger partial charge on any atom is 0.490 e. The number of rotatable bonds is 5. The molecule has 176 valence electrons. The fraction of sp³-hybridized carbons (Fsp3) is 0.350. The Morgan fingerprint density at radius 3 is 2.22 bits per heavy atom. The lowest BCUT2D eigenvalue weighted by atomic mass is 10.1. The number of carboxylic acids is 1. The molecule has 2 N–H and O–H groups in total. The predicted molar refractivity (Wildman–Crippen MR) is 103 cm³/mol. The largest absolute Gasteiger partial charge is 0.490 e. The summed E-state index contributed by atoms with van der Waals surface area (Å²) in [4.78, 5) is 8.90. The second-order valence-electron chi connectivity index (χ2n) is 6.68. The average Bonchev–Trinajstić information content (AvgIpc) is 2.65. The summed E-state index contributed by atoms with van der Waals surface area (Å²) in [6.07, 6.45) is -10.0. The molecule has 0 aromatic heterocycles. The number of alkyl halides is 6. The lowest BCUT2D eigenvalue weighted by molar-refractivity contribution is -0.192. The smallest absolute Gasteiger partial charge is 0.484 e. The summed E-state index contributed by atoms with van der Waals surface area (Å²) in [6, 6.07) is 10.1. The summed E-state index contributed by atoms with van der Waals surface area (Å²) in [6.45, 7) is 3.16. The Kier molecular flexibility index (Phi) is 8.24. The third kappa shape index (κ3) is 7.49. The molecule has 1 aliphatic heterocycles. The van der Waals surface area contributed by atoms with Gasteiger partial charge in [-0.3, -0.25) is 0 Å². The summed E-state index contributed by atoms with van der Waals surface area (Å²) >= 11 is 6.01. The molecule has 5 nitrogen and oxygen atoms in total. The van der Waals surface area contributed by atoms with Crippen molar-refractivity contribution in [2.75, 3.05) is 13.1 Å². The molecule has 2 aromatic rings. The molecule has 0 bridgehead atoms. The van der Waals surface area contributed by atoms with E-state index in [1.54, 1.807) is 31.2 Å². The minimum atomic E-state index is -5.08. The van der Waals surface area contributed by atoms with Crippen molar-refractivity contribution >= 4 is 17.6 Å².